The largest absolute Gasteiger partial charge is 0.333 e. The van der Waals surface area contributed by atoms with Crippen molar-refractivity contribution in [1.82, 2.24) is 15.0 Å². The maximum atomic E-state index is 12.4. The molecule has 1 atom stereocenters. The standard InChI is InChI=1S/C15H16N4OS2/c1-3-12(13(20)19-14-16-9(2)8-21-14)22-15-17-10-6-4-5-7-11(10)18-15/h4-8,12H,3H2,1-2H3,(H,17,18)(H,16,19,20). The van der Waals surface area contributed by atoms with Crippen LogP contribution in [0.3, 0.4) is 0 Å². The normalized spacial score (nSPS) is 12.5. The van der Waals surface area contributed by atoms with E-state index < -0.39 is 0 Å². The summed E-state index contributed by atoms with van der Waals surface area (Å²) in [5, 5.41) is 6.00. The predicted octanol–water partition coefficient (Wildman–Crippen LogP) is 3.84. The van der Waals surface area contributed by atoms with Crippen LogP contribution in [0.1, 0.15) is 19.0 Å². The number of para-hydroxylation sites is 2. The minimum Gasteiger partial charge on any atom is -0.333 e. The summed E-state index contributed by atoms with van der Waals surface area (Å²) in [4.78, 5) is 24.4. The summed E-state index contributed by atoms with van der Waals surface area (Å²) in [6.45, 7) is 3.90. The van der Waals surface area contributed by atoms with Gasteiger partial charge in [0, 0.05) is 5.38 Å². The van der Waals surface area contributed by atoms with Crippen LogP contribution in [0.25, 0.3) is 11.0 Å². The molecule has 0 aliphatic carbocycles. The maximum Gasteiger partial charge on any atom is 0.239 e. The molecule has 0 aliphatic heterocycles. The van der Waals surface area contributed by atoms with Crippen molar-refractivity contribution in [1.29, 1.82) is 0 Å². The maximum absolute atomic E-state index is 12.4. The zero-order valence-electron chi connectivity index (χ0n) is 12.3. The molecule has 0 radical (unpaired) electrons. The number of rotatable bonds is 5. The number of amides is 1. The second-order valence-electron chi connectivity index (χ2n) is 4.86. The van der Waals surface area contributed by atoms with E-state index in [-0.39, 0.29) is 11.2 Å². The van der Waals surface area contributed by atoms with Crippen LogP contribution in [-0.4, -0.2) is 26.1 Å². The number of carbonyl (C=O) groups is 1. The summed E-state index contributed by atoms with van der Waals surface area (Å²) < 4.78 is 0. The van der Waals surface area contributed by atoms with Crippen LogP contribution in [0.4, 0.5) is 5.13 Å². The van der Waals surface area contributed by atoms with Gasteiger partial charge in [-0.25, -0.2) is 9.97 Å². The van der Waals surface area contributed by atoms with Gasteiger partial charge in [0.1, 0.15) is 0 Å². The highest BCUT2D eigenvalue weighted by Crippen LogP contribution is 2.26. The second kappa shape index (κ2) is 6.50. The van der Waals surface area contributed by atoms with Crippen molar-refractivity contribution >= 4 is 45.2 Å². The highest BCUT2D eigenvalue weighted by Gasteiger charge is 2.20. The topological polar surface area (TPSA) is 70.7 Å². The van der Waals surface area contributed by atoms with E-state index in [0.29, 0.717) is 5.13 Å². The Morgan fingerprint density at radius 3 is 2.91 bits per heavy atom. The molecule has 1 aromatic carbocycles. The number of thiazole rings is 1. The van der Waals surface area contributed by atoms with Crippen LogP contribution >= 0.6 is 23.1 Å². The second-order valence-corrected chi connectivity index (χ2v) is 6.91. The number of anilines is 1. The molecule has 0 aliphatic rings. The summed E-state index contributed by atoms with van der Waals surface area (Å²) in [6, 6.07) is 7.84. The van der Waals surface area contributed by atoms with E-state index >= 15 is 0 Å². The number of imidazole rings is 1. The first-order chi connectivity index (χ1) is 10.7. The minimum atomic E-state index is -0.204. The molecule has 2 aromatic heterocycles. The third kappa shape index (κ3) is 3.31. The number of H-pyrrole nitrogens is 1. The van der Waals surface area contributed by atoms with Crippen molar-refractivity contribution in [2.24, 2.45) is 0 Å². The van der Waals surface area contributed by atoms with E-state index in [2.05, 4.69) is 20.3 Å². The summed E-state index contributed by atoms with van der Waals surface area (Å²) in [6.07, 6.45) is 0.720. The Bertz CT molecular complexity index is 763. The van der Waals surface area contributed by atoms with Gasteiger partial charge in [0.15, 0.2) is 10.3 Å². The molecule has 2 heterocycles. The number of nitrogens with one attached hydrogen (secondary N) is 2. The Morgan fingerprint density at radius 1 is 1.41 bits per heavy atom. The van der Waals surface area contributed by atoms with Crippen molar-refractivity contribution in [3.8, 4) is 0 Å². The van der Waals surface area contributed by atoms with Gasteiger partial charge in [-0.2, -0.15) is 0 Å². The van der Waals surface area contributed by atoms with Gasteiger partial charge >= 0.3 is 0 Å². The number of hydrogen-bond acceptors (Lipinski definition) is 5. The van der Waals surface area contributed by atoms with Crippen molar-refractivity contribution < 1.29 is 4.79 Å². The van der Waals surface area contributed by atoms with Crippen LogP contribution in [0, 0.1) is 6.92 Å². The van der Waals surface area contributed by atoms with Crippen molar-refractivity contribution in [3.63, 3.8) is 0 Å². The van der Waals surface area contributed by atoms with E-state index in [4.69, 9.17) is 0 Å². The molecular formula is C15H16N4OS2. The van der Waals surface area contributed by atoms with E-state index in [1.54, 1.807) is 0 Å². The third-order valence-electron chi connectivity index (χ3n) is 3.13. The van der Waals surface area contributed by atoms with Crippen molar-refractivity contribution in [2.75, 3.05) is 5.32 Å². The summed E-state index contributed by atoms with van der Waals surface area (Å²) in [5.74, 6) is -0.0395. The molecule has 5 nitrogen and oxygen atoms in total. The summed E-state index contributed by atoms with van der Waals surface area (Å²) >= 11 is 2.89. The van der Waals surface area contributed by atoms with E-state index in [9.17, 15) is 4.79 Å². The highest BCUT2D eigenvalue weighted by atomic mass is 32.2. The molecule has 1 unspecified atom stereocenters. The van der Waals surface area contributed by atoms with Crippen LogP contribution < -0.4 is 5.32 Å². The summed E-state index contributed by atoms with van der Waals surface area (Å²) in [5.41, 5.74) is 2.81. The van der Waals surface area contributed by atoms with Gasteiger partial charge in [-0.3, -0.25) is 4.79 Å². The number of nitrogens with zero attached hydrogens (tertiary/aromatic N) is 2. The predicted molar refractivity (Wildman–Crippen MR) is 91.5 cm³/mol. The molecular weight excluding hydrogens is 316 g/mol. The van der Waals surface area contributed by atoms with Gasteiger partial charge in [-0.1, -0.05) is 30.8 Å². The average molecular weight is 332 g/mol. The fraction of sp³-hybridized carbons (Fsp3) is 0.267. The molecule has 0 bridgehead atoms. The first-order valence-electron chi connectivity index (χ1n) is 7.00. The van der Waals surface area contributed by atoms with Gasteiger partial charge in [-0.15, -0.1) is 11.3 Å². The molecule has 0 spiro atoms. The number of carbonyl (C=O) groups excluding carboxylic acids is 1. The van der Waals surface area contributed by atoms with Crippen LogP contribution in [0.2, 0.25) is 0 Å². The lowest BCUT2D eigenvalue weighted by Gasteiger charge is -2.11. The zero-order chi connectivity index (χ0) is 15.5. The number of hydrogen-bond donors (Lipinski definition) is 2. The first-order valence-corrected chi connectivity index (χ1v) is 8.76. The molecule has 7 heteroatoms. The Labute approximate surface area is 136 Å². The molecule has 1 amide bonds. The number of aryl methyl sites for hydroxylation is 1. The Balaban J connectivity index is 1.71. The van der Waals surface area contributed by atoms with Gasteiger partial charge in [0.05, 0.1) is 22.0 Å². The number of aromatic nitrogens is 3. The number of fused-ring (bicyclic) bond motifs is 1. The Morgan fingerprint density at radius 2 is 2.23 bits per heavy atom. The van der Waals surface area contributed by atoms with Gasteiger partial charge in [0.2, 0.25) is 5.91 Å². The average Bonchev–Trinajstić information content (AvgIpc) is 3.10. The smallest absolute Gasteiger partial charge is 0.239 e. The van der Waals surface area contributed by atoms with Gasteiger partial charge < -0.3 is 10.3 Å². The fourth-order valence-corrected chi connectivity index (χ4v) is 3.65. The number of aromatic amines is 1. The molecule has 2 N–H and O–H groups in total. The highest BCUT2D eigenvalue weighted by molar-refractivity contribution is 8.00. The fourth-order valence-electron chi connectivity index (χ4n) is 2.04. The van der Waals surface area contributed by atoms with Crippen LogP contribution in [-0.2, 0) is 4.79 Å². The molecule has 3 aromatic rings. The summed E-state index contributed by atoms with van der Waals surface area (Å²) in [7, 11) is 0. The van der Waals surface area contributed by atoms with E-state index in [0.717, 1.165) is 28.3 Å². The molecule has 114 valence electrons. The van der Waals surface area contributed by atoms with Crippen LogP contribution in [0.5, 0.6) is 0 Å². The zero-order valence-corrected chi connectivity index (χ0v) is 13.9. The molecule has 0 saturated heterocycles. The lowest BCUT2D eigenvalue weighted by atomic mass is 10.3. The van der Waals surface area contributed by atoms with Gasteiger partial charge in [0.25, 0.3) is 0 Å². The van der Waals surface area contributed by atoms with E-state index in [1.165, 1.54) is 23.1 Å². The SMILES string of the molecule is CCC(Sc1nc2ccccc2[nH]1)C(=O)Nc1nc(C)cs1. The van der Waals surface area contributed by atoms with Crippen LogP contribution in [0.15, 0.2) is 34.8 Å². The third-order valence-corrected chi connectivity index (χ3v) is 5.26. The number of benzene rings is 1. The number of thioether (sulfide) groups is 1. The molecule has 22 heavy (non-hydrogen) atoms. The van der Waals surface area contributed by atoms with Crippen molar-refractivity contribution in [3.05, 3.63) is 35.3 Å². The van der Waals surface area contributed by atoms with Crippen molar-refractivity contribution in [2.45, 2.75) is 30.7 Å². The Kier molecular flexibility index (Phi) is 4.44. The molecule has 3 rings (SSSR count). The Hall–Kier alpha value is -1.86. The van der Waals surface area contributed by atoms with E-state index in [1.807, 2.05) is 43.5 Å². The minimum absolute atomic E-state index is 0.0395. The molecule has 0 saturated carbocycles. The monoisotopic (exact) mass is 332 g/mol. The van der Waals surface area contributed by atoms with Gasteiger partial charge in [-0.05, 0) is 25.5 Å². The first kappa shape index (κ1) is 15.1. The lowest BCUT2D eigenvalue weighted by molar-refractivity contribution is -0.115. The molecule has 0 fully saturated rings. The quantitative estimate of drug-likeness (QED) is 0.697. The lowest BCUT2D eigenvalue weighted by Crippen LogP contribution is -2.24.